The largest absolute Gasteiger partial charge is 0.497 e. The SMILES string of the molecule is CC[C@]12C=CCN3CCC4(c5c(cc(OC)cc5C(C)(C)C)N(C)C4[C@](C)(O)[C@@H]1OC(C)=O)C32. The van der Waals surface area contributed by atoms with Crippen molar-refractivity contribution in [1.82, 2.24) is 4.90 Å². The number of aliphatic hydroxyl groups is 1. The Balaban J connectivity index is 1.88. The second-order valence-electron chi connectivity index (χ2n) is 12.1. The zero-order valence-electron chi connectivity index (χ0n) is 21.9. The predicted molar refractivity (Wildman–Crippen MR) is 134 cm³/mol. The fourth-order valence-electron chi connectivity index (χ4n) is 8.41. The second kappa shape index (κ2) is 7.23. The van der Waals surface area contributed by atoms with E-state index in [1.165, 1.54) is 18.1 Å². The van der Waals surface area contributed by atoms with Crippen molar-refractivity contribution in [3.05, 3.63) is 35.4 Å². The van der Waals surface area contributed by atoms with Crippen LogP contribution in [0.15, 0.2) is 24.3 Å². The van der Waals surface area contributed by atoms with Gasteiger partial charge in [-0.15, -0.1) is 0 Å². The fourth-order valence-corrected chi connectivity index (χ4v) is 8.41. The van der Waals surface area contributed by atoms with Crippen LogP contribution in [0.4, 0.5) is 5.69 Å². The number of carbonyl (C=O) groups is 1. The Morgan fingerprint density at radius 3 is 2.56 bits per heavy atom. The molecule has 1 aromatic carbocycles. The van der Waals surface area contributed by atoms with E-state index in [1.54, 1.807) is 7.11 Å². The summed E-state index contributed by atoms with van der Waals surface area (Å²) in [5, 5.41) is 12.5. The molecule has 5 rings (SSSR count). The maximum atomic E-state index is 12.5. The van der Waals surface area contributed by atoms with Gasteiger partial charge in [-0.2, -0.15) is 0 Å². The smallest absolute Gasteiger partial charge is 0.303 e. The van der Waals surface area contributed by atoms with Crippen LogP contribution in [0.2, 0.25) is 0 Å². The van der Waals surface area contributed by atoms with Crippen molar-refractivity contribution in [2.45, 2.75) is 89.0 Å². The van der Waals surface area contributed by atoms with E-state index in [9.17, 15) is 9.90 Å². The first kappa shape index (κ1) is 23.7. The molecule has 0 aromatic heterocycles. The number of carbonyl (C=O) groups excluding carboxylic acids is 1. The van der Waals surface area contributed by atoms with Gasteiger partial charge in [-0.3, -0.25) is 9.69 Å². The van der Waals surface area contributed by atoms with Gasteiger partial charge in [-0.05, 0) is 48.9 Å². The Kier molecular flexibility index (Phi) is 5.04. The molecule has 34 heavy (non-hydrogen) atoms. The third-order valence-corrected chi connectivity index (χ3v) is 9.27. The molecule has 4 aliphatic rings. The maximum Gasteiger partial charge on any atom is 0.303 e. The van der Waals surface area contributed by atoms with Crippen molar-refractivity contribution >= 4 is 11.7 Å². The van der Waals surface area contributed by atoms with Crippen molar-refractivity contribution < 1.29 is 19.4 Å². The van der Waals surface area contributed by atoms with Crippen LogP contribution in [-0.2, 0) is 20.4 Å². The number of nitrogens with zero attached hydrogens (tertiary/aromatic N) is 2. The number of ether oxygens (including phenoxy) is 2. The monoisotopic (exact) mass is 468 g/mol. The predicted octanol–water partition coefficient (Wildman–Crippen LogP) is 3.79. The van der Waals surface area contributed by atoms with Gasteiger partial charge in [0.25, 0.3) is 0 Å². The number of benzene rings is 1. The summed E-state index contributed by atoms with van der Waals surface area (Å²) in [4.78, 5) is 17.2. The average Bonchev–Trinajstić information content (AvgIpc) is 3.27. The summed E-state index contributed by atoms with van der Waals surface area (Å²) in [7, 11) is 3.80. The van der Waals surface area contributed by atoms with Gasteiger partial charge in [-0.25, -0.2) is 0 Å². The molecule has 0 radical (unpaired) electrons. The Labute approximate surface area is 203 Å². The Morgan fingerprint density at radius 1 is 1.26 bits per heavy atom. The lowest BCUT2D eigenvalue weighted by Crippen LogP contribution is -2.78. The van der Waals surface area contributed by atoms with Crippen molar-refractivity contribution in [2.24, 2.45) is 5.41 Å². The van der Waals surface area contributed by atoms with Gasteiger partial charge in [0.15, 0.2) is 0 Å². The van der Waals surface area contributed by atoms with E-state index in [4.69, 9.17) is 9.47 Å². The van der Waals surface area contributed by atoms with Gasteiger partial charge >= 0.3 is 5.97 Å². The molecule has 2 fully saturated rings. The van der Waals surface area contributed by atoms with Crippen molar-refractivity contribution in [3.63, 3.8) is 0 Å². The minimum absolute atomic E-state index is 0.103. The molecule has 1 saturated carbocycles. The highest BCUT2D eigenvalue weighted by Gasteiger charge is 2.77. The van der Waals surface area contributed by atoms with E-state index in [1.807, 2.05) is 6.92 Å². The van der Waals surface area contributed by atoms with Crippen LogP contribution < -0.4 is 9.64 Å². The number of hydrogen-bond donors (Lipinski definition) is 1. The van der Waals surface area contributed by atoms with Crippen molar-refractivity contribution in [2.75, 3.05) is 32.1 Å². The molecule has 3 aliphatic heterocycles. The quantitative estimate of drug-likeness (QED) is 0.538. The molecule has 1 spiro atoms. The second-order valence-corrected chi connectivity index (χ2v) is 12.1. The number of hydrogen-bond acceptors (Lipinski definition) is 6. The molecular formula is C28H40N2O4. The molecule has 3 heterocycles. The van der Waals surface area contributed by atoms with Gasteiger partial charge < -0.3 is 19.5 Å². The first-order valence-corrected chi connectivity index (χ1v) is 12.6. The molecule has 3 unspecified atom stereocenters. The Morgan fingerprint density at radius 2 is 1.97 bits per heavy atom. The van der Waals surface area contributed by atoms with Gasteiger partial charge in [0, 0.05) is 49.1 Å². The zero-order valence-corrected chi connectivity index (χ0v) is 21.9. The number of methoxy groups -OCH3 is 1. The lowest BCUT2D eigenvalue weighted by Gasteiger charge is -2.64. The molecule has 1 saturated heterocycles. The molecule has 6 nitrogen and oxygen atoms in total. The van der Waals surface area contributed by atoms with E-state index in [-0.39, 0.29) is 28.9 Å². The van der Waals surface area contributed by atoms with E-state index < -0.39 is 17.1 Å². The molecule has 0 amide bonds. The summed E-state index contributed by atoms with van der Waals surface area (Å²) >= 11 is 0. The number of esters is 1. The first-order chi connectivity index (χ1) is 15.9. The lowest BCUT2D eigenvalue weighted by molar-refractivity contribution is -0.213. The van der Waals surface area contributed by atoms with Gasteiger partial charge in [0.1, 0.15) is 17.5 Å². The van der Waals surface area contributed by atoms with E-state index in [0.717, 1.165) is 37.4 Å². The summed E-state index contributed by atoms with van der Waals surface area (Å²) < 4.78 is 11.8. The molecule has 6 heteroatoms. The number of fused-ring (bicyclic) bond motifs is 1. The highest BCUT2D eigenvalue weighted by Crippen LogP contribution is 2.68. The topological polar surface area (TPSA) is 62.2 Å². The van der Waals surface area contributed by atoms with Crippen LogP contribution in [0.1, 0.15) is 65.5 Å². The number of anilines is 1. The third kappa shape index (κ3) is 2.73. The lowest BCUT2D eigenvalue weighted by atomic mass is 9.47. The molecule has 1 aliphatic carbocycles. The highest BCUT2D eigenvalue weighted by molar-refractivity contribution is 5.74. The molecule has 1 aromatic rings. The molecular weight excluding hydrogens is 428 g/mol. The van der Waals surface area contributed by atoms with Crippen molar-refractivity contribution in [3.8, 4) is 5.75 Å². The summed E-state index contributed by atoms with van der Waals surface area (Å²) in [6, 6.07) is 4.23. The Bertz CT molecular complexity index is 1060. The zero-order chi connectivity index (χ0) is 24.8. The van der Waals surface area contributed by atoms with E-state index in [0.29, 0.717) is 0 Å². The van der Waals surface area contributed by atoms with Gasteiger partial charge in [0.05, 0.1) is 13.2 Å². The summed E-state index contributed by atoms with van der Waals surface area (Å²) in [5.41, 5.74) is 1.62. The minimum atomic E-state index is -1.26. The molecule has 0 bridgehead atoms. The van der Waals surface area contributed by atoms with Crippen LogP contribution >= 0.6 is 0 Å². The fraction of sp³-hybridized carbons (Fsp3) is 0.679. The van der Waals surface area contributed by atoms with Crippen LogP contribution in [0.5, 0.6) is 5.75 Å². The standard InChI is InChI=1S/C28H40N2O4/c1-9-27-11-10-13-30-14-12-28(23(27)30)21-19(25(3,4)5)15-18(33-8)16-20(21)29(7)22(28)26(6,32)24(27)34-17(2)31/h10-11,15-16,22-24,32H,9,12-14H2,1-8H3/t22?,23?,24-,26-,27+,28?/m0/s1. The Hall–Kier alpha value is -2.05. The molecule has 186 valence electrons. The van der Waals surface area contributed by atoms with E-state index >= 15 is 0 Å². The minimum Gasteiger partial charge on any atom is -0.497 e. The summed E-state index contributed by atoms with van der Waals surface area (Å²) in [6.45, 7) is 14.1. The number of likely N-dealkylation sites (N-methyl/N-ethyl adjacent to an activating group) is 1. The average molecular weight is 469 g/mol. The van der Waals surface area contributed by atoms with E-state index in [2.05, 4.69) is 68.8 Å². The van der Waals surface area contributed by atoms with Crippen molar-refractivity contribution in [1.29, 1.82) is 0 Å². The van der Waals surface area contributed by atoms with Gasteiger partial charge in [-0.1, -0.05) is 39.8 Å². The van der Waals surface area contributed by atoms with Crippen LogP contribution in [0, 0.1) is 5.41 Å². The van der Waals surface area contributed by atoms with Crippen LogP contribution in [-0.4, -0.2) is 67.0 Å². The van der Waals surface area contributed by atoms with Gasteiger partial charge in [0.2, 0.25) is 0 Å². The highest BCUT2D eigenvalue weighted by atomic mass is 16.6. The third-order valence-electron chi connectivity index (χ3n) is 9.27. The van der Waals surface area contributed by atoms with Crippen LogP contribution in [0.3, 0.4) is 0 Å². The molecule has 1 N–H and O–H groups in total. The summed E-state index contributed by atoms with van der Waals surface area (Å²) in [5.74, 6) is 0.492. The normalized spacial score (nSPS) is 38.4. The summed E-state index contributed by atoms with van der Waals surface area (Å²) in [6.07, 6.45) is 5.58. The number of rotatable bonds is 3. The maximum absolute atomic E-state index is 12.5. The van der Waals surface area contributed by atoms with Crippen LogP contribution in [0.25, 0.3) is 0 Å². The molecule has 6 atom stereocenters. The first-order valence-electron chi connectivity index (χ1n) is 12.6.